The van der Waals surface area contributed by atoms with Gasteiger partial charge in [-0.25, -0.2) is 4.79 Å². The third-order valence-electron chi connectivity index (χ3n) is 4.63. The van der Waals surface area contributed by atoms with E-state index in [0.29, 0.717) is 6.54 Å². The van der Waals surface area contributed by atoms with Crippen LogP contribution in [0.5, 0.6) is 0 Å². The van der Waals surface area contributed by atoms with Gasteiger partial charge in [-0.05, 0) is 41.5 Å². The van der Waals surface area contributed by atoms with Crippen LogP contribution >= 0.6 is 15.9 Å². The molecule has 2 aromatic carbocycles. The molecule has 0 saturated heterocycles. The van der Waals surface area contributed by atoms with Crippen molar-refractivity contribution in [3.63, 3.8) is 0 Å². The van der Waals surface area contributed by atoms with Crippen molar-refractivity contribution in [3.8, 4) is 0 Å². The third-order valence-corrected chi connectivity index (χ3v) is 5.13. The molecule has 6 heteroatoms. The summed E-state index contributed by atoms with van der Waals surface area (Å²) in [4.78, 5) is 20.0. The van der Waals surface area contributed by atoms with E-state index in [0.717, 1.165) is 32.2 Å². The van der Waals surface area contributed by atoms with E-state index in [9.17, 15) is 4.79 Å². The minimum Gasteiger partial charge on any atom is -0.361 e. The van der Waals surface area contributed by atoms with Gasteiger partial charge in [-0.1, -0.05) is 46.3 Å². The molecule has 0 radical (unpaired) electrons. The number of nitrogens with one attached hydrogen (secondary N) is 3. The molecule has 0 aliphatic carbocycles. The monoisotopic (exact) mass is 434 g/mol. The largest absolute Gasteiger partial charge is 0.361 e. The molecule has 0 fully saturated rings. The van der Waals surface area contributed by atoms with E-state index < -0.39 is 0 Å². The third kappa shape index (κ3) is 4.07. The van der Waals surface area contributed by atoms with Crippen molar-refractivity contribution in [3.05, 3.63) is 94.9 Å². The molecule has 0 aliphatic heterocycles. The molecule has 3 N–H and O–H groups in total. The van der Waals surface area contributed by atoms with Crippen molar-refractivity contribution in [2.75, 3.05) is 11.9 Å². The van der Waals surface area contributed by atoms with Gasteiger partial charge in [0.15, 0.2) is 0 Å². The number of nitrogens with zero attached hydrogens (tertiary/aromatic N) is 1. The highest BCUT2D eigenvalue weighted by Gasteiger charge is 2.19. The Labute approximate surface area is 171 Å². The lowest BCUT2D eigenvalue weighted by Gasteiger charge is -2.18. The van der Waals surface area contributed by atoms with Crippen molar-refractivity contribution >= 4 is 38.6 Å². The molecule has 140 valence electrons. The summed E-state index contributed by atoms with van der Waals surface area (Å²) in [5.41, 5.74) is 3.99. The van der Waals surface area contributed by atoms with Crippen LogP contribution in [0.25, 0.3) is 10.9 Å². The SMILES string of the molecule is O=C(NC[C@H](c1cccnc1)c1c[nH]c2ccccc12)Nc1cccc(Br)c1. The highest BCUT2D eigenvalue weighted by atomic mass is 79.9. The lowest BCUT2D eigenvalue weighted by atomic mass is 9.92. The fraction of sp³-hybridized carbons (Fsp3) is 0.0909. The number of halogens is 1. The van der Waals surface area contributed by atoms with Crippen LogP contribution in [0, 0.1) is 0 Å². The second kappa shape index (κ2) is 8.27. The van der Waals surface area contributed by atoms with E-state index in [-0.39, 0.29) is 11.9 Å². The quantitative estimate of drug-likeness (QED) is 0.399. The number of aromatic nitrogens is 2. The summed E-state index contributed by atoms with van der Waals surface area (Å²) >= 11 is 3.41. The van der Waals surface area contributed by atoms with Crippen LogP contribution in [-0.2, 0) is 0 Å². The average molecular weight is 435 g/mol. The molecule has 0 bridgehead atoms. The second-order valence-corrected chi connectivity index (χ2v) is 7.39. The van der Waals surface area contributed by atoms with Gasteiger partial charge in [0.1, 0.15) is 0 Å². The molecule has 2 heterocycles. The maximum Gasteiger partial charge on any atom is 0.319 e. The Morgan fingerprint density at radius 3 is 2.82 bits per heavy atom. The summed E-state index contributed by atoms with van der Waals surface area (Å²) in [7, 11) is 0. The Kier molecular flexibility index (Phi) is 5.39. The smallest absolute Gasteiger partial charge is 0.319 e. The van der Waals surface area contributed by atoms with E-state index in [1.165, 1.54) is 0 Å². The van der Waals surface area contributed by atoms with Gasteiger partial charge in [0.05, 0.1) is 0 Å². The maximum atomic E-state index is 12.4. The first-order valence-corrected chi connectivity index (χ1v) is 9.76. The summed E-state index contributed by atoms with van der Waals surface area (Å²) in [6, 6.07) is 19.4. The Hall–Kier alpha value is -3.12. The number of pyridine rings is 1. The lowest BCUT2D eigenvalue weighted by Crippen LogP contribution is -2.32. The number of hydrogen-bond donors (Lipinski definition) is 3. The van der Waals surface area contributed by atoms with Gasteiger partial charge in [-0.2, -0.15) is 0 Å². The average Bonchev–Trinajstić information content (AvgIpc) is 3.13. The number of para-hydroxylation sites is 1. The van der Waals surface area contributed by atoms with E-state index >= 15 is 0 Å². The number of urea groups is 1. The first kappa shape index (κ1) is 18.3. The van der Waals surface area contributed by atoms with Crippen molar-refractivity contribution in [1.82, 2.24) is 15.3 Å². The van der Waals surface area contributed by atoms with Gasteiger partial charge in [0, 0.05) is 52.1 Å². The van der Waals surface area contributed by atoms with Crippen LogP contribution in [0.15, 0.2) is 83.7 Å². The van der Waals surface area contributed by atoms with Crippen LogP contribution in [0.2, 0.25) is 0 Å². The highest BCUT2D eigenvalue weighted by Crippen LogP contribution is 2.30. The topological polar surface area (TPSA) is 69.8 Å². The molecular weight excluding hydrogens is 416 g/mol. The highest BCUT2D eigenvalue weighted by molar-refractivity contribution is 9.10. The number of hydrogen-bond acceptors (Lipinski definition) is 2. The fourth-order valence-corrected chi connectivity index (χ4v) is 3.71. The molecule has 0 saturated carbocycles. The van der Waals surface area contributed by atoms with Gasteiger partial charge in [-0.3, -0.25) is 4.98 Å². The summed E-state index contributed by atoms with van der Waals surface area (Å²) in [6.07, 6.45) is 5.61. The molecule has 1 atom stereocenters. The van der Waals surface area contributed by atoms with Crippen LogP contribution in [0.1, 0.15) is 17.0 Å². The second-order valence-electron chi connectivity index (χ2n) is 6.47. The van der Waals surface area contributed by atoms with Gasteiger partial charge >= 0.3 is 6.03 Å². The molecular formula is C22H19BrN4O. The predicted octanol–water partition coefficient (Wildman–Crippen LogP) is 5.28. The molecule has 0 unspecified atom stereocenters. The summed E-state index contributed by atoms with van der Waals surface area (Å²) in [5, 5.41) is 7.01. The number of rotatable bonds is 5. The molecule has 28 heavy (non-hydrogen) atoms. The normalized spacial score (nSPS) is 11.9. The number of fused-ring (bicyclic) bond motifs is 1. The molecule has 4 aromatic rings. The first-order chi connectivity index (χ1) is 13.7. The van der Waals surface area contributed by atoms with E-state index in [2.05, 4.69) is 42.6 Å². The van der Waals surface area contributed by atoms with Crippen molar-refractivity contribution < 1.29 is 4.79 Å². The van der Waals surface area contributed by atoms with E-state index in [1.54, 1.807) is 6.20 Å². The zero-order valence-corrected chi connectivity index (χ0v) is 16.6. The van der Waals surface area contributed by atoms with E-state index in [1.807, 2.05) is 67.0 Å². The summed E-state index contributed by atoms with van der Waals surface area (Å²) < 4.78 is 0.914. The lowest BCUT2D eigenvalue weighted by molar-refractivity contribution is 0.252. The number of carbonyl (C=O) groups is 1. The summed E-state index contributed by atoms with van der Waals surface area (Å²) in [5.74, 6) is -0.0156. The Morgan fingerprint density at radius 2 is 2.00 bits per heavy atom. The van der Waals surface area contributed by atoms with Crippen molar-refractivity contribution in [2.24, 2.45) is 0 Å². The molecule has 4 rings (SSSR count). The zero-order chi connectivity index (χ0) is 19.3. The number of aromatic amines is 1. The van der Waals surface area contributed by atoms with Crippen LogP contribution in [-0.4, -0.2) is 22.5 Å². The van der Waals surface area contributed by atoms with Crippen molar-refractivity contribution in [2.45, 2.75) is 5.92 Å². The zero-order valence-electron chi connectivity index (χ0n) is 15.0. The van der Waals surface area contributed by atoms with Crippen LogP contribution in [0.4, 0.5) is 10.5 Å². The maximum absolute atomic E-state index is 12.4. The number of carbonyl (C=O) groups excluding carboxylic acids is 1. The predicted molar refractivity (Wildman–Crippen MR) is 116 cm³/mol. The van der Waals surface area contributed by atoms with Crippen molar-refractivity contribution in [1.29, 1.82) is 0 Å². The van der Waals surface area contributed by atoms with Gasteiger partial charge in [0.2, 0.25) is 0 Å². The molecule has 5 nitrogen and oxygen atoms in total. The van der Waals surface area contributed by atoms with Gasteiger partial charge < -0.3 is 15.6 Å². The number of H-pyrrole nitrogens is 1. The molecule has 0 spiro atoms. The van der Waals surface area contributed by atoms with Gasteiger partial charge in [-0.15, -0.1) is 0 Å². The number of benzene rings is 2. The number of anilines is 1. The molecule has 0 aliphatic rings. The minimum atomic E-state index is -0.244. The number of amides is 2. The molecule has 2 aromatic heterocycles. The van der Waals surface area contributed by atoms with Gasteiger partial charge in [0.25, 0.3) is 0 Å². The Morgan fingerprint density at radius 1 is 1.11 bits per heavy atom. The minimum absolute atomic E-state index is 0.0156. The van der Waals surface area contributed by atoms with Crippen LogP contribution < -0.4 is 10.6 Å². The summed E-state index contributed by atoms with van der Waals surface area (Å²) in [6.45, 7) is 0.452. The van der Waals surface area contributed by atoms with Crippen LogP contribution in [0.3, 0.4) is 0 Å². The standard InChI is InChI=1S/C22H19BrN4O/c23-16-6-3-7-17(11-16)27-22(28)26-13-19(15-5-4-10-24-12-15)20-14-25-21-9-2-1-8-18(20)21/h1-12,14,19,25H,13H2,(H2,26,27,28)/t19-/m1/s1. The molecule has 2 amide bonds. The Balaban J connectivity index is 1.56. The van der Waals surface area contributed by atoms with E-state index in [4.69, 9.17) is 0 Å². The Bertz CT molecular complexity index is 1090. The first-order valence-electron chi connectivity index (χ1n) is 8.97. The fourth-order valence-electron chi connectivity index (χ4n) is 3.31.